The molecule has 0 unspecified atom stereocenters. The molecule has 82 valence electrons. The van der Waals surface area contributed by atoms with Crippen molar-refractivity contribution in [3.8, 4) is 11.4 Å². The van der Waals surface area contributed by atoms with Crippen molar-refractivity contribution in [1.82, 2.24) is 15.0 Å². The molecule has 0 aliphatic heterocycles. The van der Waals surface area contributed by atoms with Crippen LogP contribution in [-0.4, -0.2) is 15.0 Å². The fourth-order valence-electron chi connectivity index (χ4n) is 1.23. The van der Waals surface area contributed by atoms with Crippen LogP contribution in [0.2, 0.25) is 0 Å². The lowest BCUT2D eigenvalue weighted by atomic mass is 10.2. The van der Waals surface area contributed by atoms with E-state index >= 15 is 0 Å². The first-order valence-electron chi connectivity index (χ1n) is 4.29. The molecule has 1 heterocycles. The van der Waals surface area contributed by atoms with Crippen molar-refractivity contribution in [2.75, 3.05) is 11.5 Å². The van der Waals surface area contributed by atoms with Crippen molar-refractivity contribution >= 4 is 43.8 Å². The van der Waals surface area contributed by atoms with Crippen LogP contribution in [0.5, 0.6) is 0 Å². The van der Waals surface area contributed by atoms with E-state index in [1.54, 1.807) is 0 Å². The van der Waals surface area contributed by atoms with E-state index < -0.39 is 0 Å². The van der Waals surface area contributed by atoms with Crippen LogP contribution < -0.4 is 11.5 Å². The van der Waals surface area contributed by atoms with E-state index in [9.17, 15) is 0 Å². The second-order valence-corrected chi connectivity index (χ2v) is 4.68. The molecule has 4 N–H and O–H groups in total. The van der Waals surface area contributed by atoms with Gasteiger partial charge in [-0.1, -0.05) is 6.07 Å². The second kappa shape index (κ2) is 4.34. The standard InChI is InChI=1S/C9H7Br2N5/c10-4-2-1-3-5(11)6(4)7-14-8(12)16-9(13)15-7/h1-3H,(H4,12,13,14,15,16). The normalized spacial score (nSPS) is 10.4. The molecule has 5 nitrogen and oxygen atoms in total. The van der Waals surface area contributed by atoms with E-state index in [1.165, 1.54) is 0 Å². The lowest BCUT2D eigenvalue weighted by Gasteiger charge is -2.06. The van der Waals surface area contributed by atoms with Crippen molar-refractivity contribution in [2.24, 2.45) is 0 Å². The highest BCUT2D eigenvalue weighted by atomic mass is 79.9. The Labute approximate surface area is 109 Å². The van der Waals surface area contributed by atoms with E-state index in [2.05, 4.69) is 46.8 Å². The van der Waals surface area contributed by atoms with Crippen LogP contribution in [0.15, 0.2) is 27.1 Å². The maximum atomic E-state index is 5.52. The largest absolute Gasteiger partial charge is 0.368 e. The average molecular weight is 345 g/mol. The van der Waals surface area contributed by atoms with Gasteiger partial charge < -0.3 is 11.5 Å². The first-order chi connectivity index (χ1) is 7.58. The maximum absolute atomic E-state index is 5.52. The third-order valence-corrected chi connectivity index (χ3v) is 3.18. The number of hydrogen-bond donors (Lipinski definition) is 2. The molecule has 0 aliphatic rings. The van der Waals surface area contributed by atoms with Crippen LogP contribution >= 0.6 is 31.9 Å². The molecule has 0 amide bonds. The first kappa shape index (κ1) is 11.3. The Morgan fingerprint density at radius 1 is 0.875 bits per heavy atom. The van der Waals surface area contributed by atoms with Crippen LogP contribution in [0.25, 0.3) is 11.4 Å². The van der Waals surface area contributed by atoms with Gasteiger partial charge in [0.2, 0.25) is 11.9 Å². The number of nitrogens with zero attached hydrogens (tertiary/aromatic N) is 3. The monoisotopic (exact) mass is 343 g/mol. The summed E-state index contributed by atoms with van der Waals surface area (Å²) in [6, 6.07) is 5.66. The van der Waals surface area contributed by atoms with Gasteiger partial charge in [-0.25, -0.2) is 0 Å². The zero-order chi connectivity index (χ0) is 11.7. The molecule has 0 aliphatic carbocycles. The van der Waals surface area contributed by atoms with Gasteiger partial charge in [0.1, 0.15) is 0 Å². The minimum absolute atomic E-state index is 0.102. The number of nitrogens with two attached hydrogens (primary N) is 2. The van der Waals surface area contributed by atoms with Gasteiger partial charge in [-0.3, -0.25) is 0 Å². The third-order valence-electron chi connectivity index (χ3n) is 1.86. The topological polar surface area (TPSA) is 90.7 Å². The molecular formula is C9H7Br2N5. The van der Waals surface area contributed by atoms with Crippen LogP contribution in [0.1, 0.15) is 0 Å². The molecule has 0 saturated heterocycles. The van der Waals surface area contributed by atoms with E-state index in [4.69, 9.17) is 11.5 Å². The number of halogens is 2. The summed E-state index contributed by atoms with van der Waals surface area (Å²) < 4.78 is 1.71. The van der Waals surface area contributed by atoms with Gasteiger partial charge in [0.05, 0.1) is 0 Å². The Morgan fingerprint density at radius 3 is 1.88 bits per heavy atom. The number of rotatable bonds is 1. The summed E-state index contributed by atoms with van der Waals surface area (Å²) in [4.78, 5) is 11.8. The molecule has 0 fully saturated rings. The van der Waals surface area contributed by atoms with Crippen molar-refractivity contribution in [1.29, 1.82) is 0 Å². The number of anilines is 2. The Morgan fingerprint density at radius 2 is 1.38 bits per heavy atom. The highest BCUT2D eigenvalue weighted by Crippen LogP contribution is 2.33. The minimum Gasteiger partial charge on any atom is -0.368 e. The number of nitrogen functional groups attached to an aromatic ring is 2. The summed E-state index contributed by atoms with van der Waals surface area (Å²) in [7, 11) is 0. The predicted molar refractivity (Wildman–Crippen MR) is 69.5 cm³/mol. The van der Waals surface area contributed by atoms with E-state index in [1.807, 2.05) is 18.2 Å². The van der Waals surface area contributed by atoms with Gasteiger partial charge >= 0.3 is 0 Å². The molecule has 2 rings (SSSR count). The quantitative estimate of drug-likeness (QED) is 0.827. The summed E-state index contributed by atoms with van der Waals surface area (Å²) in [5.74, 6) is 0.639. The van der Waals surface area contributed by atoms with Crippen molar-refractivity contribution in [3.63, 3.8) is 0 Å². The van der Waals surface area contributed by atoms with E-state index in [0.29, 0.717) is 5.82 Å². The molecule has 7 heteroatoms. The summed E-state index contributed by atoms with van der Waals surface area (Å²) in [5, 5.41) is 0. The van der Waals surface area contributed by atoms with Crippen LogP contribution in [0, 0.1) is 0 Å². The SMILES string of the molecule is Nc1nc(N)nc(-c2c(Br)cccc2Br)n1. The van der Waals surface area contributed by atoms with Crippen LogP contribution in [0.4, 0.5) is 11.9 Å². The summed E-state index contributed by atoms with van der Waals surface area (Å²) >= 11 is 6.84. The van der Waals surface area contributed by atoms with E-state index in [0.717, 1.165) is 14.5 Å². The Kier molecular flexibility index (Phi) is 3.06. The molecule has 0 spiro atoms. The van der Waals surface area contributed by atoms with Crippen LogP contribution in [-0.2, 0) is 0 Å². The lowest BCUT2D eigenvalue weighted by molar-refractivity contribution is 1.08. The molecule has 0 bridgehead atoms. The molecule has 1 aromatic carbocycles. The molecule has 2 aromatic rings. The predicted octanol–water partition coefficient (Wildman–Crippen LogP) is 2.23. The van der Waals surface area contributed by atoms with Gasteiger partial charge in [0, 0.05) is 14.5 Å². The number of benzene rings is 1. The summed E-state index contributed by atoms with van der Waals surface area (Å²) in [6.07, 6.45) is 0. The second-order valence-electron chi connectivity index (χ2n) is 2.97. The van der Waals surface area contributed by atoms with Gasteiger partial charge in [0.15, 0.2) is 5.82 Å². The van der Waals surface area contributed by atoms with Crippen molar-refractivity contribution < 1.29 is 0 Å². The highest BCUT2D eigenvalue weighted by molar-refractivity contribution is 9.11. The first-order valence-corrected chi connectivity index (χ1v) is 5.88. The molecule has 0 saturated carbocycles. The molecular weight excluding hydrogens is 338 g/mol. The highest BCUT2D eigenvalue weighted by Gasteiger charge is 2.12. The molecule has 16 heavy (non-hydrogen) atoms. The van der Waals surface area contributed by atoms with Gasteiger partial charge in [-0.2, -0.15) is 15.0 Å². The van der Waals surface area contributed by atoms with E-state index in [-0.39, 0.29) is 11.9 Å². The summed E-state index contributed by atoms with van der Waals surface area (Å²) in [6.45, 7) is 0. The smallest absolute Gasteiger partial charge is 0.225 e. The van der Waals surface area contributed by atoms with Gasteiger partial charge in [0.25, 0.3) is 0 Å². The molecule has 1 aromatic heterocycles. The van der Waals surface area contributed by atoms with Gasteiger partial charge in [-0.15, -0.1) is 0 Å². The average Bonchev–Trinajstić information content (AvgIpc) is 2.15. The fraction of sp³-hybridized carbons (Fsp3) is 0. The van der Waals surface area contributed by atoms with Crippen molar-refractivity contribution in [3.05, 3.63) is 27.1 Å². The number of hydrogen-bond acceptors (Lipinski definition) is 5. The molecule has 0 atom stereocenters. The lowest BCUT2D eigenvalue weighted by Crippen LogP contribution is -2.04. The maximum Gasteiger partial charge on any atom is 0.225 e. The summed E-state index contributed by atoms with van der Waals surface area (Å²) in [5.41, 5.74) is 11.8. The zero-order valence-corrected chi connectivity index (χ0v) is 11.2. The van der Waals surface area contributed by atoms with Crippen molar-refractivity contribution in [2.45, 2.75) is 0 Å². The molecule has 0 radical (unpaired) electrons. The Hall–Kier alpha value is -1.21. The van der Waals surface area contributed by atoms with Crippen LogP contribution in [0.3, 0.4) is 0 Å². The van der Waals surface area contributed by atoms with Gasteiger partial charge in [-0.05, 0) is 44.0 Å². The zero-order valence-electron chi connectivity index (χ0n) is 7.98. The Bertz CT molecular complexity index is 503. The third kappa shape index (κ3) is 2.14. The Balaban J connectivity index is 2.67. The minimum atomic E-state index is 0.102. The number of aromatic nitrogens is 3. The fourth-order valence-corrected chi connectivity index (χ4v) is 2.59.